The summed E-state index contributed by atoms with van der Waals surface area (Å²) in [6.07, 6.45) is 2.96. The van der Waals surface area contributed by atoms with Crippen molar-refractivity contribution in [2.75, 3.05) is 6.61 Å². The molecule has 0 bridgehead atoms. The number of amides is 1. The van der Waals surface area contributed by atoms with Crippen molar-refractivity contribution in [3.05, 3.63) is 71.7 Å². The zero-order valence-corrected chi connectivity index (χ0v) is 16.8. The predicted octanol–water partition coefficient (Wildman–Crippen LogP) is 1.76. The van der Waals surface area contributed by atoms with E-state index in [9.17, 15) is 13.2 Å². The van der Waals surface area contributed by atoms with Gasteiger partial charge in [0.2, 0.25) is 0 Å². The quantitative estimate of drug-likeness (QED) is 0.598. The molecule has 0 saturated heterocycles. The summed E-state index contributed by atoms with van der Waals surface area (Å²) in [5, 5.41) is 2.90. The van der Waals surface area contributed by atoms with E-state index in [1.807, 2.05) is 19.9 Å². The molecule has 28 heavy (non-hydrogen) atoms. The highest BCUT2D eigenvalue weighted by molar-refractivity contribution is 7.88. The van der Waals surface area contributed by atoms with Crippen LogP contribution in [0, 0.1) is 0 Å². The second kappa shape index (κ2) is 8.30. The minimum absolute atomic E-state index is 0.110. The van der Waals surface area contributed by atoms with Gasteiger partial charge in [0.1, 0.15) is 12.4 Å². The lowest BCUT2D eigenvalue weighted by Gasteiger charge is -2.28. The molecule has 1 amide bonds. The van der Waals surface area contributed by atoms with Crippen LogP contribution < -0.4 is 15.8 Å². The van der Waals surface area contributed by atoms with Crippen molar-refractivity contribution < 1.29 is 17.9 Å². The molecule has 0 atom stereocenters. The molecule has 0 radical (unpaired) electrons. The van der Waals surface area contributed by atoms with Gasteiger partial charge in [-0.05, 0) is 45.1 Å². The van der Waals surface area contributed by atoms with E-state index < -0.39 is 15.7 Å². The van der Waals surface area contributed by atoms with Crippen molar-refractivity contribution in [1.82, 2.24) is 10.0 Å². The maximum absolute atomic E-state index is 12.4. The van der Waals surface area contributed by atoms with E-state index in [1.165, 1.54) is 6.08 Å². The third-order valence-corrected chi connectivity index (χ3v) is 4.69. The highest BCUT2D eigenvalue weighted by Crippen LogP contribution is 2.22. The van der Waals surface area contributed by atoms with Crippen LogP contribution in [0.15, 0.2) is 70.5 Å². The summed E-state index contributed by atoms with van der Waals surface area (Å²) in [5.41, 5.74) is 6.12. The number of nitrogens with two attached hydrogens (primary N) is 1. The molecule has 0 spiro atoms. The van der Waals surface area contributed by atoms with Crippen LogP contribution in [-0.4, -0.2) is 32.3 Å². The number of ether oxygens (including phenoxy) is 1. The van der Waals surface area contributed by atoms with E-state index in [0.29, 0.717) is 11.3 Å². The van der Waals surface area contributed by atoms with Gasteiger partial charge in [0.25, 0.3) is 5.91 Å². The number of allylic oxidation sites excluding steroid dienone is 2. The van der Waals surface area contributed by atoms with Crippen molar-refractivity contribution in [2.45, 2.75) is 26.3 Å². The van der Waals surface area contributed by atoms with Gasteiger partial charge >= 0.3 is 10.2 Å². The Hall–Kier alpha value is -3.07. The van der Waals surface area contributed by atoms with Crippen LogP contribution in [0.1, 0.15) is 31.1 Å². The molecule has 0 aromatic heterocycles. The van der Waals surface area contributed by atoms with Gasteiger partial charge in [0.15, 0.2) is 5.84 Å². The molecule has 0 saturated carbocycles. The van der Waals surface area contributed by atoms with Crippen molar-refractivity contribution in [2.24, 2.45) is 10.1 Å². The van der Waals surface area contributed by atoms with Crippen LogP contribution in [0.5, 0.6) is 0 Å². The average molecular weight is 404 g/mol. The molecule has 8 nitrogen and oxygen atoms in total. The van der Waals surface area contributed by atoms with Crippen molar-refractivity contribution in [3.8, 4) is 0 Å². The third kappa shape index (κ3) is 5.23. The highest BCUT2D eigenvalue weighted by Gasteiger charge is 2.28. The second-order valence-corrected chi connectivity index (χ2v) is 8.03. The maximum Gasteiger partial charge on any atom is 0.344 e. The summed E-state index contributed by atoms with van der Waals surface area (Å²) in [6.45, 7) is 9.05. The molecular formula is C19H24N4O4S. The van der Waals surface area contributed by atoms with Gasteiger partial charge in [0, 0.05) is 5.56 Å². The van der Waals surface area contributed by atoms with Gasteiger partial charge in [-0.25, -0.2) is 0 Å². The van der Waals surface area contributed by atoms with Crippen LogP contribution in [0.2, 0.25) is 0 Å². The molecule has 4 N–H and O–H groups in total. The fraction of sp³-hybridized carbons (Fsp3) is 0.263. The van der Waals surface area contributed by atoms with E-state index in [-0.39, 0.29) is 29.6 Å². The summed E-state index contributed by atoms with van der Waals surface area (Å²) < 4.78 is 35.0. The Kier molecular flexibility index (Phi) is 6.30. The molecule has 9 heteroatoms. The fourth-order valence-electron chi connectivity index (χ4n) is 2.49. The Morgan fingerprint density at radius 2 is 2.00 bits per heavy atom. The number of nitrogens with one attached hydrogen (secondary N) is 2. The number of hydrogen-bond donors (Lipinski definition) is 3. The number of nitrogens with zero attached hydrogens (tertiary/aromatic N) is 1. The molecule has 0 fully saturated rings. The minimum Gasteiger partial charge on any atom is -0.491 e. The molecule has 1 aliphatic heterocycles. The number of hydrogen-bond acceptors (Lipinski definition) is 5. The zero-order chi connectivity index (χ0) is 20.9. The number of benzene rings is 1. The smallest absolute Gasteiger partial charge is 0.344 e. The third-order valence-electron chi connectivity index (χ3n) is 3.77. The van der Waals surface area contributed by atoms with Crippen LogP contribution in [-0.2, 0) is 14.9 Å². The molecule has 1 aliphatic rings. The number of carbonyl (C=O) groups is 1. The standard InChI is InChI=1S/C19H24N4O4S/c1-5-14-16(17(20)23-28(25,26)22-14)15(6-2)27-12-19(3,4)21-18(24)13-10-8-7-9-11-13/h5-11,22H,1,12H2,2-4H3,(H2,20,23)(H,21,24)/b15-6+. The van der Waals surface area contributed by atoms with E-state index in [0.717, 1.165) is 0 Å². The van der Waals surface area contributed by atoms with Crippen LogP contribution in [0.3, 0.4) is 0 Å². The Morgan fingerprint density at radius 3 is 2.57 bits per heavy atom. The lowest BCUT2D eigenvalue weighted by atomic mass is 10.1. The maximum atomic E-state index is 12.4. The van der Waals surface area contributed by atoms with Gasteiger partial charge in [-0.1, -0.05) is 24.8 Å². The van der Waals surface area contributed by atoms with Crippen LogP contribution >= 0.6 is 0 Å². The van der Waals surface area contributed by atoms with E-state index >= 15 is 0 Å². The topological polar surface area (TPSA) is 123 Å². The summed E-state index contributed by atoms with van der Waals surface area (Å²) in [6, 6.07) is 8.84. The first kappa shape index (κ1) is 21.2. The van der Waals surface area contributed by atoms with Gasteiger partial charge in [-0.15, -0.1) is 4.40 Å². The minimum atomic E-state index is -3.91. The summed E-state index contributed by atoms with van der Waals surface area (Å²) in [5.74, 6) is -0.109. The molecule has 150 valence electrons. The highest BCUT2D eigenvalue weighted by atomic mass is 32.2. The van der Waals surface area contributed by atoms with E-state index in [4.69, 9.17) is 10.5 Å². The number of amidine groups is 1. The van der Waals surface area contributed by atoms with Crippen LogP contribution in [0.4, 0.5) is 0 Å². The molecule has 1 aromatic rings. The average Bonchev–Trinajstić information content (AvgIpc) is 2.62. The Morgan fingerprint density at radius 1 is 1.36 bits per heavy atom. The molecule has 0 unspecified atom stereocenters. The number of carbonyl (C=O) groups excluding carboxylic acids is 1. The fourth-order valence-corrected chi connectivity index (χ4v) is 3.35. The molecule has 1 aromatic carbocycles. The number of rotatable bonds is 7. The summed E-state index contributed by atoms with van der Waals surface area (Å²) in [7, 11) is -3.91. The van der Waals surface area contributed by atoms with Crippen molar-refractivity contribution in [3.63, 3.8) is 0 Å². The molecule has 0 aliphatic carbocycles. The first-order chi connectivity index (χ1) is 13.1. The largest absolute Gasteiger partial charge is 0.491 e. The van der Waals surface area contributed by atoms with E-state index in [1.54, 1.807) is 37.3 Å². The van der Waals surface area contributed by atoms with Gasteiger partial charge in [-0.3, -0.25) is 9.52 Å². The Bertz CT molecular complexity index is 961. The lowest BCUT2D eigenvalue weighted by Crippen LogP contribution is -2.47. The zero-order valence-electron chi connectivity index (χ0n) is 16.0. The van der Waals surface area contributed by atoms with Crippen molar-refractivity contribution in [1.29, 1.82) is 0 Å². The molecule has 1 heterocycles. The molecule has 2 rings (SSSR count). The van der Waals surface area contributed by atoms with Crippen molar-refractivity contribution >= 4 is 22.0 Å². The Balaban J connectivity index is 2.15. The predicted molar refractivity (Wildman–Crippen MR) is 109 cm³/mol. The SMILES string of the molecule is C=CC1=C(/C(=C\C)OCC(C)(C)NC(=O)c2ccccc2)C(N)=NS(=O)(=O)N1. The van der Waals surface area contributed by atoms with Gasteiger partial charge in [0.05, 0.1) is 16.8 Å². The second-order valence-electron chi connectivity index (χ2n) is 6.69. The van der Waals surface area contributed by atoms with Crippen LogP contribution in [0.25, 0.3) is 0 Å². The first-order valence-electron chi connectivity index (χ1n) is 8.51. The Labute approximate surface area is 165 Å². The summed E-state index contributed by atoms with van der Waals surface area (Å²) >= 11 is 0. The van der Waals surface area contributed by atoms with E-state index in [2.05, 4.69) is 21.0 Å². The summed E-state index contributed by atoms with van der Waals surface area (Å²) in [4.78, 5) is 12.4. The van der Waals surface area contributed by atoms with Gasteiger partial charge in [-0.2, -0.15) is 8.42 Å². The van der Waals surface area contributed by atoms with Gasteiger partial charge < -0.3 is 15.8 Å². The monoisotopic (exact) mass is 404 g/mol. The lowest BCUT2D eigenvalue weighted by molar-refractivity contribution is 0.0841. The first-order valence-corrected chi connectivity index (χ1v) is 9.95. The molecular weight excluding hydrogens is 380 g/mol. The normalized spacial score (nSPS) is 16.7.